The zero-order chi connectivity index (χ0) is 18.7. The molecular weight excluding hydrogens is 334 g/mol. The van der Waals surface area contributed by atoms with Gasteiger partial charge in [-0.25, -0.2) is 0 Å². The minimum atomic E-state index is -0.348. The highest BCUT2D eigenvalue weighted by atomic mass is 16.5. The van der Waals surface area contributed by atoms with Gasteiger partial charge in [-0.15, -0.1) is 0 Å². The summed E-state index contributed by atoms with van der Waals surface area (Å²) in [6.07, 6.45) is 1.52. The summed E-state index contributed by atoms with van der Waals surface area (Å²) in [6, 6.07) is 7.05. The van der Waals surface area contributed by atoms with Crippen molar-refractivity contribution in [2.24, 2.45) is 11.7 Å². The van der Waals surface area contributed by atoms with Crippen molar-refractivity contribution >= 4 is 11.8 Å². The Labute approximate surface area is 152 Å². The number of nitrogens with zero attached hydrogens (tertiary/aromatic N) is 2. The Balaban J connectivity index is 1.68. The van der Waals surface area contributed by atoms with Gasteiger partial charge in [0.25, 0.3) is 5.91 Å². The Morgan fingerprint density at radius 3 is 2.88 bits per heavy atom. The molecule has 2 heterocycles. The van der Waals surface area contributed by atoms with Crippen LogP contribution < -0.4 is 10.5 Å². The zero-order valence-corrected chi connectivity index (χ0v) is 15.0. The molecule has 0 aliphatic carbocycles. The number of carbonyl (C=O) groups is 2. The van der Waals surface area contributed by atoms with Crippen molar-refractivity contribution in [3.63, 3.8) is 0 Å². The number of primary amides is 1. The molecule has 7 heteroatoms. The number of rotatable bonds is 5. The van der Waals surface area contributed by atoms with Crippen LogP contribution in [0, 0.1) is 19.8 Å². The first-order valence-electron chi connectivity index (χ1n) is 8.69. The molecule has 1 fully saturated rings. The fraction of sp³-hybridized carbons (Fsp3) is 0.421. The van der Waals surface area contributed by atoms with Crippen molar-refractivity contribution in [1.82, 2.24) is 10.1 Å². The number of ether oxygens (including phenoxy) is 1. The molecule has 1 aromatic heterocycles. The van der Waals surface area contributed by atoms with Crippen LogP contribution in [0.1, 0.15) is 40.2 Å². The van der Waals surface area contributed by atoms with Crippen molar-refractivity contribution in [3.05, 3.63) is 46.8 Å². The molecule has 1 aliphatic heterocycles. The van der Waals surface area contributed by atoms with E-state index in [0.29, 0.717) is 31.0 Å². The third-order valence-electron chi connectivity index (χ3n) is 4.76. The van der Waals surface area contributed by atoms with Gasteiger partial charge >= 0.3 is 0 Å². The number of aryl methyl sites for hydroxylation is 2. The smallest absolute Gasteiger partial charge is 0.254 e. The molecule has 1 aliphatic rings. The van der Waals surface area contributed by atoms with E-state index in [4.69, 9.17) is 15.0 Å². The molecule has 3 rings (SSSR count). The van der Waals surface area contributed by atoms with Gasteiger partial charge in [0.05, 0.1) is 17.2 Å². The predicted molar refractivity (Wildman–Crippen MR) is 94.6 cm³/mol. The summed E-state index contributed by atoms with van der Waals surface area (Å²) in [5, 5.41) is 3.90. The topological polar surface area (TPSA) is 98.7 Å². The number of benzene rings is 1. The Morgan fingerprint density at radius 1 is 1.38 bits per heavy atom. The number of carbonyl (C=O) groups excluding carboxylic acids is 2. The lowest BCUT2D eigenvalue weighted by Gasteiger charge is -2.31. The van der Waals surface area contributed by atoms with Crippen LogP contribution in [0.3, 0.4) is 0 Å². The van der Waals surface area contributed by atoms with E-state index in [1.807, 2.05) is 13.8 Å². The number of aromatic nitrogens is 1. The molecule has 7 nitrogen and oxygen atoms in total. The monoisotopic (exact) mass is 357 g/mol. The fourth-order valence-corrected chi connectivity index (χ4v) is 3.16. The lowest BCUT2D eigenvalue weighted by atomic mass is 9.97. The van der Waals surface area contributed by atoms with E-state index in [0.717, 1.165) is 29.9 Å². The molecule has 0 spiro atoms. The number of hydrogen-bond acceptors (Lipinski definition) is 5. The first kappa shape index (κ1) is 18.0. The van der Waals surface area contributed by atoms with Crippen molar-refractivity contribution < 1.29 is 18.8 Å². The zero-order valence-electron chi connectivity index (χ0n) is 15.0. The Kier molecular flexibility index (Phi) is 5.25. The third-order valence-corrected chi connectivity index (χ3v) is 4.76. The molecule has 0 radical (unpaired) electrons. The van der Waals surface area contributed by atoms with E-state index in [9.17, 15) is 9.59 Å². The normalized spacial score (nSPS) is 17.2. The highest BCUT2D eigenvalue weighted by molar-refractivity contribution is 5.95. The van der Waals surface area contributed by atoms with Gasteiger partial charge in [0.2, 0.25) is 5.91 Å². The Bertz CT molecular complexity index is 795. The number of hydrogen-bond donors (Lipinski definition) is 1. The Morgan fingerprint density at radius 2 is 2.19 bits per heavy atom. The molecular formula is C19H23N3O4. The highest BCUT2D eigenvalue weighted by Gasteiger charge is 2.27. The van der Waals surface area contributed by atoms with E-state index >= 15 is 0 Å². The number of piperidine rings is 1. The molecule has 2 amide bonds. The SMILES string of the molecule is Cc1noc(C)c1COc1cccc(C(=O)N2CCCC(C(N)=O)C2)c1. The van der Waals surface area contributed by atoms with Crippen LogP contribution in [0.5, 0.6) is 5.75 Å². The standard InChI is InChI=1S/C19H23N3O4/c1-12-17(13(2)26-21-12)11-25-16-7-3-5-14(9-16)19(24)22-8-4-6-15(10-22)18(20)23/h3,5,7,9,15H,4,6,8,10-11H2,1-2H3,(H2,20,23). The number of likely N-dealkylation sites (tertiary alicyclic amines) is 1. The maximum absolute atomic E-state index is 12.8. The van der Waals surface area contributed by atoms with Crippen LogP contribution in [0.2, 0.25) is 0 Å². The third kappa shape index (κ3) is 3.87. The maximum atomic E-state index is 12.8. The quantitative estimate of drug-likeness (QED) is 0.884. The van der Waals surface area contributed by atoms with E-state index < -0.39 is 0 Å². The molecule has 2 aromatic rings. The number of nitrogens with two attached hydrogens (primary N) is 1. The summed E-state index contributed by atoms with van der Waals surface area (Å²) in [5.41, 5.74) is 7.62. The van der Waals surface area contributed by atoms with Crippen LogP contribution in [0.4, 0.5) is 0 Å². The largest absolute Gasteiger partial charge is 0.489 e. The fourth-order valence-electron chi connectivity index (χ4n) is 3.16. The van der Waals surface area contributed by atoms with Gasteiger partial charge in [-0.1, -0.05) is 11.2 Å². The van der Waals surface area contributed by atoms with Crippen molar-refractivity contribution in [3.8, 4) is 5.75 Å². The van der Waals surface area contributed by atoms with Gasteiger partial charge in [0.1, 0.15) is 18.1 Å². The summed E-state index contributed by atoms with van der Waals surface area (Å²) in [6.45, 7) is 5.03. The van der Waals surface area contributed by atoms with Crippen molar-refractivity contribution in [1.29, 1.82) is 0 Å². The maximum Gasteiger partial charge on any atom is 0.254 e. The molecule has 0 saturated carbocycles. The lowest BCUT2D eigenvalue weighted by Crippen LogP contribution is -2.44. The van der Waals surface area contributed by atoms with Gasteiger partial charge < -0.3 is 19.9 Å². The minimum Gasteiger partial charge on any atom is -0.489 e. The van der Waals surface area contributed by atoms with Crippen LogP contribution >= 0.6 is 0 Å². The summed E-state index contributed by atoms with van der Waals surface area (Å²) < 4.78 is 10.9. The Hall–Kier alpha value is -2.83. The van der Waals surface area contributed by atoms with Gasteiger partial charge in [0.15, 0.2) is 0 Å². The van der Waals surface area contributed by atoms with E-state index in [2.05, 4.69) is 5.16 Å². The summed E-state index contributed by atoms with van der Waals surface area (Å²) in [5.74, 6) is 0.587. The van der Waals surface area contributed by atoms with Gasteiger partial charge in [-0.2, -0.15) is 0 Å². The summed E-state index contributed by atoms with van der Waals surface area (Å²) in [7, 11) is 0. The van der Waals surface area contributed by atoms with Crippen LogP contribution in [-0.4, -0.2) is 35.0 Å². The first-order valence-corrected chi connectivity index (χ1v) is 8.69. The molecule has 0 bridgehead atoms. The van der Waals surface area contributed by atoms with Crippen molar-refractivity contribution in [2.75, 3.05) is 13.1 Å². The van der Waals surface area contributed by atoms with Gasteiger partial charge in [0, 0.05) is 18.7 Å². The first-order chi connectivity index (χ1) is 12.5. The molecule has 138 valence electrons. The van der Waals surface area contributed by atoms with E-state index in [-0.39, 0.29) is 17.7 Å². The second-order valence-corrected chi connectivity index (χ2v) is 6.61. The molecule has 1 unspecified atom stereocenters. The van der Waals surface area contributed by atoms with Crippen LogP contribution in [0.25, 0.3) is 0 Å². The molecule has 1 atom stereocenters. The van der Waals surface area contributed by atoms with E-state index in [1.54, 1.807) is 29.2 Å². The second kappa shape index (κ2) is 7.59. The molecule has 1 aromatic carbocycles. The van der Waals surface area contributed by atoms with Crippen LogP contribution in [0.15, 0.2) is 28.8 Å². The average molecular weight is 357 g/mol. The van der Waals surface area contributed by atoms with Gasteiger partial charge in [-0.3, -0.25) is 9.59 Å². The summed E-state index contributed by atoms with van der Waals surface area (Å²) in [4.78, 5) is 25.9. The molecule has 1 saturated heterocycles. The van der Waals surface area contributed by atoms with Gasteiger partial charge in [-0.05, 0) is 44.9 Å². The average Bonchev–Trinajstić information content (AvgIpc) is 2.97. The number of amides is 2. The second-order valence-electron chi connectivity index (χ2n) is 6.61. The molecule has 2 N–H and O–H groups in total. The molecule has 26 heavy (non-hydrogen) atoms. The van der Waals surface area contributed by atoms with Crippen LogP contribution in [-0.2, 0) is 11.4 Å². The van der Waals surface area contributed by atoms with E-state index in [1.165, 1.54) is 0 Å². The van der Waals surface area contributed by atoms with Crippen molar-refractivity contribution in [2.45, 2.75) is 33.3 Å². The lowest BCUT2D eigenvalue weighted by molar-refractivity contribution is -0.123. The highest BCUT2D eigenvalue weighted by Crippen LogP contribution is 2.22. The predicted octanol–water partition coefficient (Wildman–Crippen LogP) is 2.21. The minimum absolute atomic E-state index is 0.112. The summed E-state index contributed by atoms with van der Waals surface area (Å²) >= 11 is 0.